The monoisotopic (exact) mass is 433 g/mol. The van der Waals surface area contributed by atoms with Crippen molar-refractivity contribution >= 4 is 21.6 Å². The average molecular weight is 434 g/mol. The number of carbonyl (C=O) groups excluding carboxylic acids is 1. The molecule has 2 aromatic carbocycles. The molecule has 0 spiro atoms. The number of hydrogen-bond acceptors (Lipinski definition) is 6. The molecule has 0 aromatic heterocycles. The Labute approximate surface area is 177 Å². The zero-order valence-electron chi connectivity index (χ0n) is 17.2. The van der Waals surface area contributed by atoms with Crippen LogP contribution in [0.15, 0.2) is 53.4 Å². The number of hydrogen-bond donors (Lipinski definition) is 1. The van der Waals surface area contributed by atoms with Gasteiger partial charge in [0.25, 0.3) is 15.9 Å². The lowest BCUT2D eigenvalue weighted by atomic mass is 10.2. The number of nitrogens with one attached hydrogen (secondary N) is 1. The summed E-state index contributed by atoms with van der Waals surface area (Å²) in [4.78, 5) is 14.7. The third kappa shape index (κ3) is 5.10. The molecule has 0 atom stereocenters. The van der Waals surface area contributed by atoms with E-state index in [2.05, 4.69) is 10.2 Å². The summed E-state index contributed by atoms with van der Waals surface area (Å²) in [5.74, 6) is 0.227. The Kier molecular flexibility index (Phi) is 7.30. The van der Waals surface area contributed by atoms with E-state index in [0.717, 1.165) is 19.6 Å². The molecule has 0 saturated carbocycles. The van der Waals surface area contributed by atoms with Crippen molar-refractivity contribution in [2.24, 2.45) is 0 Å². The summed E-state index contributed by atoms with van der Waals surface area (Å²) in [6.45, 7) is 4.44. The molecular formula is C21H27N3O5S. The van der Waals surface area contributed by atoms with Crippen LogP contribution in [-0.2, 0) is 14.8 Å². The molecular weight excluding hydrogens is 406 g/mol. The van der Waals surface area contributed by atoms with Crippen LogP contribution in [0.3, 0.4) is 0 Å². The van der Waals surface area contributed by atoms with Crippen LogP contribution in [0.25, 0.3) is 0 Å². The molecule has 1 aliphatic rings. The number of benzene rings is 2. The maximum Gasteiger partial charge on any atom is 0.264 e. The number of methoxy groups -OCH3 is 1. The average Bonchev–Trinajstić information content (AvgIpc) is 2.79. The van der Waals surface area contributed by atoms with Crippen LogP contribution < -0.4 is 14.4 Å². The van der Waals surface area contributed by atoms with Gasteiger partial charge in [-0.2, -0.15) is 0 Å². The molecule has 162 valence electrons. The fourth-order valence-corrected chi connectivity index (χ4v) is 4.42. The second-order valence-electron chi connectivity index (χ2n) is 6.88. The topological polar surface area (TPSA) is 88.2 Å². The van der Waals surface area contributed by atoms with Gasteiger partial charge in [0.2, 0.25) is 0 Å². The first-order valence-electron chi connectivity index (χ1n) is 9.74. The van der Waals surface area contributed by atoms with Gasteiger partial charge in [-0.25, -0.2) is 8.42 Å². The Morgan fingerprint density at radius 2 is 1.80 bits per heavy atom. The van der Waals surface area contributed by atoms with Gasteiger partial charge in [0, 0.05) is 38.8 Å². The van der Waals surface area contributed by atoms with Gasteiger partial charge < -0.3 is 14.8 Å². The zero-order chi connectivity index (χ0) is 21.6. The van der Waals surface area contributed by atoms with Crippen LogP contribution in [0.2, 0.25) is 0 Å². The molecule has 1 aliphatic heterocycles. The van der Waals surface area contributed by atoms with Gasteiger partial charge in [0.1, 0.15) is 5.75 Å². The molecule has 1 fully saturated rings. The summed E-state index contributed by atoms with van der Waals surface area (Å²) in [6, 6.07) is 12.8. The largest absolute Gasteiger partial charge is 0.495 e. The number of ether oxygens (including phenoxy) is 2. The molecule has 9 heteroatoms. The van der Waals surface area contributed by atoms with Crippen molar-refractivity contribution in [2.45, 2.75) is 4.90 Å². The Morgan fingerprint density at radius 1 is 1.13 bits per heavy atom. The summed E-state index contributed by atoms with van der Waals surface area (Å²) in [6.07, 6.45) is 0. The normalized spacial score (nSPS) is 14.9. The van der Waals surface area contributed by atoms with E-state index in [0.29, 0.717) is 36.8 Å². The SMILES string of the molecule is COc1ccccc1N(C)S(=O)(=O)c1ccc(C(=O)NCCN2CCOCC2)cc1. The Bertz CT molecular complexity index is 957. The van der Waals surface area contributed by atoms with E-state index in [1.807, 2.05) is 0 Å². The smallest absolute Gasteiger partial charge is 0.264 e. The number of nitrogens with zero attached hydrogens (tertiary/aromatic N) is 2. The molecule has 1 amide bonds. The predicted molar refractivity (Wildman–Crippen MR) is 115 cm³/mol. The van der Waals surface area contributed by atoms with Crippen molar-refractivity contribution in [1.29, 1.82) is 0 Å². The number of morpholine rings is 1. The van der Waals surface area contributed by atoms with Crippen molar-refractivity contribution < 1.29 is 22.7 Å². The van der Waals surface area contributed by atoms with Gasteiger partial charge in [-0.15, -0.1) is 0 Å². The third-order valence-electron chi connectivity index (χ3n) is 5.02. The van der Waals surface area contributed by atoms with Gasteiger partial charge in [-0.05, 0) is 36.4 Å². The van der Waals surface area contributed by atoms with Crippen LogP contribution in [0.4, 0.5) is 5.69 Å². The summed E-state index contributed by atoms with van der Waals surface area (Å²) < 4.78 is 37.7. The fourth-order valence-electron chi connectivity index (χ4n) is 3.21. The number of rotatable bonds is 8. The highest BCUT2D eigenvalue weighted by atomic mass is 32.2. The Balaban J connectivity index is 1.64. The lowest BCUT2D eigenvalue weighted by Crippen LogP contribution is -2.41. The number of para-hydroxylation sites is 2. The maximum absolute atomic E-state index is 13.0. The van der Waals surface area contributed by atoms with Crippen LogP contribution in [0, 0.1) is 0 Å². The second-order valence-corrected chi connectivity index (χ2v) is 8.85. The summed E-state index contributed by atoms with van der Waals surface area (Å²) >= 11 is 0. The summed E-state index contributed by atoms with van der Waals surface area (Å²) in [7, 11) is -0.832. The number of carbonyl (C=O) groups is 1. The van der Waals surface area contributed by atoms with Gasteiger partial charge in [-0.1, -0.05) is 12.1 Å². The van der Waals surface area contributed by atoms with E-state index in [-0.39, 0.29) is 10.8 Å². The minimum Gasteiger partial charge on any atom is -0.495 e. The molecule has 2 aromatic rings. The highest BCUT2D eigenvalue weighted by Gasteiger charge is 2.24. The number of anilines is 1. The standard InChI is InChI=1S/C21H27N3O5S/c1-23(19-5-3-4-6-20(19)28-2)30(26,27)18-9-7-17(8-10-18)21(25)22-11-12-24-13-15-29-16-14-24/h3-10H,11-16H2,1-2H3,(H,22,25). The quantitative estimate of drug-likeness (QED) is 0.680. The Hall–Kier alpha value is -2.62. The van der Waals surface area contributed by atoms with Crippen molar-refractivity contribution in [2.75, 3.05) is 57.9 Å². The zero-order valence-corrected chi connectivity index (χ0v) is 18.0. The molecule has 1 saturated heterocycles. The van der Waals surface area contributed by atoms with E-state index in [1.54, 1.807) is 24.3 Å². The number of sulfonamides is 1. The van der Waals surface area contributed by atoms with Crippen LogP contribution in [0.5, 0.6) is 5.75 Å². The minimum absolute atomic E-state index is 0.0979. The molecule has 0 aliphatic carbocycles. The van der Waals surface area contributed by atoms with Crippen molar-refractivity contribution in [3.8, 4) is 5.75 Å². The highest BCUT2D eigenvalue weighted by molar-refractivity contribution is 7.92. The first-order chi connectivity index (χ1) is 14.4. The summed E-state index contributed by atoms with van der Waals surface area (Å²) in [5, 5.41) is 2.87. The lowest BCUT2D eigenvalue weighted by Gasteiger charge is -2.26. The molecule has 1 N–H and O–H groups in total. The van der Waals surface area contributed by atoms with E-state index in [4.69, 9.17) is 9.47 Å². The van der Waals surface area contributed by atoms with Crippen LogP contribution in [0.1, 0.15) is 10.4 Å². The molecule has 1 heterocycles. The van der Waals surface area contributed by atoms with Gasteiger partial charge >= 0.3 is 0 Å². The van der Waals surface area contributed by atoms with Crippen LogP contribution in [-0.4, -0.2) is 72.8 Å². The van der Waals surface area contributed by atoms with Gasteiger partial charge in [0.05, 0.1) is 30.9 Å². The fraction of sp³-hybridized carbons (Fsp3) is 0.381. The van der Waals surface area contributed by atoms with E-state index < -0.39 is 10.0 Å². The van der Waals surface area contributed by atoms with Gasteiger partial charge in [-0.3, -0.25) is 14.0 Å². The van der Waals surface area contributed by atoms with Crippen molar-refractivity contribution in [3.63, 3.8) is 0 Å². The van der Waals surface area contributed by atoms with Crippen molar-refractivity contribution in [1.82, 2.24) is 10.2 Å². The predicted octanol–water partition coefficient (Wildman–Crippen LogP) is 1.58. The second kappa shape index (κ2) is 9.92. The van der Waals surface area contributed by atoms with Crippen molar-refractivity contribution in [3.05, 3.63) is 54.1 Å². The first-order valence-corrected chi connectivity index (χ1v) is 11.2. The molecule has 30 heavy (non-hydrogen) atoms. The van der Waals surface area contributed by atoms with E-state index >= 15 is 0 Å². The lowest BCUT2D eigenvalue weighted by molar-refractivity contribution is 0.0383. The van der Waals surface area contributed by atoms with E-state index in [1.165, 1.54) is 42.7 Å². The molecule has 8 nitrogen and oxygen atoms in total. The first kappa shape index (κ1) is 22.1. The molecule has 0 unspecified atom stereocenters. The maximum atomic E-state index is 13.0. The molecule has 0 bridgehead atoms. The third-order valence-corrected chi connectivity index (χ3v) is 6.80. The van der Waals surface area contributed by atoms with E-state index in [9.17, 15) is 13.2 Å². The highest BCUT2D eigenvalue weighted by Crippen LogP contribution is 2.30. The molecule has 0 radical (unpaired) electrons. The number of amides is 1. The minimum atomic E-state index is -3.80. The van der Waals surface area contributed by atoms with Gasteiger partial charge in [0.15, 0.2) is 0 Å². The summed E-state index contributed by atoms with van der Waals surface area (Å²) in [5.41, 5.74) is 0.848. The Morgan fingerprint density at radius 3 is 2.47 bits per heavy atom. The van der Waals surface area contributed by atoms with Crippen LogP contribution >= 0.6 is 0 Å². The molecule has 3 rings (SSSR count).